The molecular formula is C25H52N2O5. The Hall–Kier alpha value is -0.730. The van der Waals surface area contributed by atoms with Gasteiger partial charge in [-0.25, -0.2) is 0 Å². The van der Waals surface area contributed by atoms with Crippen LogP contribution >= 0.6 is 0 Å². The summed E-state index contributed by atoms with van der Waals surface area (Å²) in [7, 11) is 0. The minimum absolute atomic E-state index is 0.0308. The van der Waals surface area contributed by atoms with E-state index in [2.05, 4.69) is 12.2 Å². The fourth-order valence-electron chi connectivity index (χ4n) is 3.70. The molecule has 1 atom stereocenters. The van der Waals surface area contributed by atoms with Gasteiger partial charge in [0.15, 0.2) is 0 Å². The quantitative estimate of drug-likeness (QED) is 0.0979. The predicted octanol–water partition coefficient (Wildman–Crippen LogP) is 5.25. The van der Waals surface area contributed by atoms with E-state index in [9.17, 15) is 4.79 Å². The molecule has 0 aliphatic rings. The third-order valence-corrected chi connectivity index (χ3v) is 5.60. The first-order valence-electron chi connectivity index (χ1n) is 13.3. The molecule has 32 heavy (non-hydrogen) atoms. The highest BCUT2D eigenvalue weighted by Gasteiger charge is 2.20. The first kappa shape index (κ1) is 31.3. The second-order valence-electron chi connectivity index (χ2n) is 8.59. The van der Waals surface area contributed by atoms with E-state index in [-0.39, 0.29) is 32.3 Å². The highest BCUT2D eigenvalue weighted by Crippen LogP contribution is 2.14. The van der Waals surface area contributed by atoms with E-state index >= 15 is 0 Å². The van der Waals surface area contributed by atoms with Crippen LogP contribution in [-0.2, 0) is 14.5 Å². The third kappa shape index (κ3) is 19.9. The molecule has 0 aromatic carbocycles. The van der Waals surface area contributed by atoms with Gasteiger partial charge in [0.05, 0.1) is 26.4 Å². The molecule has 0 rings (SSSR count). The third-order valence-electron chi connectivity index (χ3n) is 5.60. The van der Waals surface area contributed by atoms with Crippen molar-refractivity contribution in [2.24, 2.45) is 0 Å². The summed E-state index contributed by atoms with van der Waals surface area (Å²) in [5.41, 5.74) is 0. The highest BCUT2D eigenvalue weighted by molar-refractivity contribution is 5.76. The molecule has 1 unspecified atom stereocenters. The van der Waals surface area contributed by atoms with Gasteiger partial charge in [0.2, 0.25) is 5.91 Å². The molecule has 0 radical (unpaired) electrons. The Morgan fingerprint density at radius 1 is 0.719 bits per heavy atom. The molecular weight excluding hydrogens is 408 g/mol. The molecule has 0 aromatic rings. The number of nitrogens with one attached hydrogen (secondary N) is 1. The lowest BCUT2D eigenvalue weighted by Crippen LogP contribution is -2.48. The fraction of sp³-hybridized carbons (Fsp3) is 0.960. The first-order valence-corrected chi connectivity index (χ1v) is 13.3. The lowest BCUT2D eigenvalue weighted by molar-refractivity contribution is -0.394. The van der Waals surface area contributed by atoms with Crippen molar-refractivity contribution in [2.45, 2.75) is 129 Å². The molecule has 1 amide bonds. The van der Waals surface area contributed by atoms with Gasteiger partial charge >= 0.3 is 0 Å². The maximum absolute atomic E-state index is 12.3. The number of hydrogen-bond acceptors (Lipinski definition) is 6. The molecule has 3 N–H and O–H groups in total. The van der Waals surface area contributed by atoms with Crippen LogP contribution in [0, 0.1) is 0 Å². The fourth-order valence-corrected chi connectivity index (χ4v) is 3.70. The highest BCUT2D eigenvalue weighted by atomic mass is 17.0. The summed E-state index contributed by atoms with van der Waals surface area (Å²) in [6, 6.07) is 0. The topological polar surface area (TPSA) is 91.3 Å². The normalized spacial score (nSPS) is 12.4. The van der Waals surface area contributed by atoms with Gasteiger partial charge in [-0.05, 0) is 18.1 Å². The molecule has 7 heteroatoms. The number of carbonyl (C=O) groups is 1. The molecule has 192 valence electrons. The Bertz CT molecular complexity index is 391. The summed E-state index contributed by atoms with van der Waals surface area (Å²) in [5.74, 6) is -0.0308. The Morgan fingerprint density at radius 3 is 1.50 bits per heavy atom. The van der Waals surface area contributed by atoms with Crippen LogP contribution in [0.4, 0.5) is 0 Å². The number of rotatable bonds is 25. The summed E-state index contributed by atoms with van der Waals surface area (Å²) < 4.78 is 0. The zero-order chi connectivity index (χ0) is 23.7. The molecule has 0 bridgehead atoms. The van der Waals surface area contributed by atoms with E-state index in [1.54, 1.807) is 0 Å². The predicted molar refractivity (Wildman–Crippen MR) is 130 cm³/mol. The van der Waals surface area contributed by atoms with Gasteiger partial charge in [-0.2, -0.15) is 0 Å². The zero-order valence-corrected chi connectivity index (χ0v) is 21.0. The molecule has 0 aliphatic heterocycles. The van der Waals surface area contributed by atoms with Crippen LogP contribution in [0.5, 0.6) is 0 Å². The van der Waals surface area contributed by atoms with Crippen LogP contribution in [0.15, 0.2) is 0 Å². The standard InChI is InChI=1S/C25H52N2O5/c1-3-5-6-7-8-9-10-11-12-13-14-15-16-17-18-19-25(30)26-24(4-2)27(31-22-20-28)32-23-21-29/h24,28-29H,3-23H2,1-2H3,(H,26,30). The molecule has 0 saturated carbocycles. The van der Waals surface area contributed by atoms with E-state index in [0.29, 0.717) is 12.8 Å². The van der Waals surface area contributed by atoms with Crippen LogP contribution in [0.3, 0.4) is 0 Å². The van der Waals surface area contributed by atoms with Gasteiger partial charge in [0, 0.05) is 6.42 Å². The summed E-state index contributed by atoms with van der Waals surface area (Å²) in [5, 5.41) is 22.0. The Morgan fingerprint density at radius 2 is 1.12 bits per heavy atom. The van der Waals surface area contributed by atoms with Crippen molar-refractivity contribution in [3.63, 3.8) is 0 Å². The molecule has 0 aromatic heterocycles. The van der Waals surface area contributed by atoms with Gasteiger partial charge < -0.3 is 15.5 Å². The number of nitrogens with zero attached hydrogens (tertiary/aromatic N) is 1. The van der Waals surface area contributed by atoms with Crippen LogP contribution < -0.4 is 5.32 Å². The summed E-state index contributed by atoms with van der Waals surface area (Å²) >= 11 is 0. The molecule has 0 spiro atoms. The van der Waals surface area contributed by atoms with Crippen LogP contribution in [0.1, 0.15) is 123 Å². The second-order valence-corrected chi connectivity index (χ2v) is 8.59. The number of aliphatic hydroxyl groups excluding tert-OH is 2. The van der Waals surface area contributed by atoms with Crippen molar-refractivity contribution in [3.8, 4) is 0 Å². The van der Waals surface area contributed by atoms with E-state index in [1.807, 2.05) is 6.92 Å². The smallest absolute Gasteiger partial charge is 0.221 e. The number of unbranched alkanes of at least 4 members (excludes halogenated alkanes) is 14. The van der Waals surface area contributed by atoms with Gasteiger partial charge in [-0.15, -0.1) is 0 Å². The minimum Gasteiger partial charge on any atom is -0.394 e. The van der Waals surface area contributed by atoms with Crippen LogP contribution in [0.2, 0.25) is 0 Å². The molecule has 0 heterocycles. The van der Waals surface area contributed by atoms with E-state index in [1.165, 1.54) is 88.7 Å². The summed E-state index contributed by atoms with van der Waals surface area (Å²) in [6.07, 6.45) is 20.2. The van der Waals surface area contributed by atoms with Gasteiger partial charge in [-0.3, -0.25) is 14.5 Å². The van der Waals surface area contributed by atoms with E-state index < -0.39 is 6.17 Å². The minimum atomic E-state index is -0.447. The summed E-state index contributed by atoms with van der Waals surface area (Å²) in [4.78, 5) is 22.9. The monoisotopic (exact) mass is 460 g/mol. The Kier molecular flexibility index (Phi) is 24.3. The van der Waals surface area contributed by atoms with Crippen molar-refractivity contribution in [3.05, 3.63) is 0 Å². The van der Waals surface area contributed by atoms with Gasteiger partial charge in [-0.1, -0.05) is 104 Å². The first-order chi connectivity index (χ1) is 15.7. The number of hydroxylamine groups is 2. The van der Waals surface area contributed by atoms with E-state index in [4.69, 9.17) is 19.9 Å². The summed E-state index contributed by atoms with van der Waals surface area (Å²) in [6.45, 7) is 4.01. The average Bonchev–Trinajstić information content (AvgIpc) is 2.80. The number of carbonyl (C=O) groups excluding carboxylic acids is 1. The second kappa shape index (κ2) is 24.9. The Labute approximate surface area is 197 Å². The van der Waals surface area contributed by atoms with Crippen molar-refractivity contribution < 1.29 is 24.7 Å². The molecule has 7 nitrogen and oxygen atoms in total. The van der Waals surface area contributed by atoms with Crippen molar-refractivity contribution in [1.29, 1.82) is 0 Å². The molecule has 0 aliphatic carbocycles. The lowest BCUT2D eigenvalue weighted by Gasteiger charge is -2.29. The lowest BCUT2D eigenvalue weighted by atomic mass is 10.0. The maximum Gasteiger partial charge on any atom is 0.221 e. The van der Waals surface area contributed by atoms with Crippen LogP contribution in [0.25, 0.3) is 0 Å². The average molecular weight is 461 g/mol. The molecule has 0 fully saturated rings. The maximum atomic E-state index is 12.3. The van der Waals surface area contributed by atoms with Gasteiger partial charge in [0.1, 0.15) is 6.17 Å². The molecule has 0 saturated heterocycles. The van der Waals surface area contributed by atoms with Crippen molar-refractivity contribution in [2.75, 3.05) is 26.4 Å². The Balaban J connectivity index is 3.66. The number of aliphatic hydroxyl groups is 2. The van der Waals surface area contributed by atoms with Crippen molar-refractivity contribution in [1.82, 2.24) is 10.5 Å². The van der Waals surface area contributed by atoms with Crippen molar-refractivity contribution >= 4 is 5.91 Å². The number of amides is 1. The SMILES string of the molecule is CCCCCCCCCCCCCCCCCC(=O)NC(CC)N(OCCO)OCCO. The number of hydrogen-bond donors (Lipinski definition) is 3. The van der Waals surface area contributed by atoms with E-state index in [0.717, 1.165) is 12.8 Å². The largest absolute Gasteiger partial charge is 0.394 e. The van der Waals surface area contributed by atoms with Crippen LogP contribution in [-0.4, -0.2) is 53.9 Å². The zero-order valence-electron chi connectivity index (χ0n) is 21.0. The van der Waals surface area contributed by atoms with Gasteiger partial charge in [0.25, 0.3) is 0 Å².